The molecule has 2 amide bonds. The van der Waals surface area contributed by atoms with Crippen molar-refractivity contribution in [3.05, 3.63) is 136 Å². The number of nitrogens with one attached hydrogen (secondary N) is 2. The van der Waals surface area contributed by atoms with Gasteiger partial charge in [-0.15, -0.1) is 0 Å². The van der Waals surface area contributed by atoms with Crippen molar-refractivity contribution in [2.45, 2.75) is 12.3 Å². The van der Waals surface area contributed by atoms with Crippen LogP contribution in [0.1, 0.15) is 28.3 Å². The van der Waals surface area contributed by atoms with Gasteiger partial charge in [-0.3, -0.25) is 9.69 Å². The molecule has 2 heterocycles. The standard InChI is InChI=1S/C36H34N4O4/c1-39(24-11-5-4-6-12-24)36(43)37-22-21-27-26-13-7-9-15-29(26)38-33(27)31(23-17-19-25(44-3)20-18-23)32-34(41)28-14-8-10-16-30(28)40(2)35(32)42/h4-20,31,38,41H,21-22H2,1-3H3,(H,37,43). The summed E-state index contributed by atoms with van der Waals surface area (Å²) in [6.07, 6.45) is 0.495. The fraction of sp³-hybridized carbons (Fsp3) is 0.167. The van der Waals surface area contributed by atoms with E-state index in [0.29, 0.717) is 29.6 Å². The third kappa shape index (κ3) is 5.15. The highest BCUT2D eigenvalue weighted by atomic mass is 16.5. The summed E-state index contributed by atoms with van der Waals surface area (Å²) in [7, 11) is 5.07. The number of rotatable bonds is 8. The first kappa shape index (κ1) is 28.6. The number of para-hydroxylation sites is 3. The number of amides is 2. The lowest BCUT2D eigenvalue weighted by Crippen LogP contribution is -2.38. The Labute approximate surface area is 255 Å². The molecule has 0 aliphatic rings. The number of aromatic hydroxyl groups is 1. The summed E-state index contributed by atoms with van der Waals surface area (Å²) in [5, 5.41) is 16.3. The maximum Gasteiger partial charge on any atom is 0.321 e. The van der Waals surface area contributed by atoms with Crippen LogP contribution in [0.4, 0.5) is 10.5 Å². The molecule has 6 rings (SSSR count). The summed E-state index contributed by atoms with van der Waals surface area (Å²) >= 11 is 0. The minimum atomic E-state index is -0.630. The van der Waals surface area contributed by atoms with Gasteiger partial charge in [0.1, 0.15) is 11.5 Å². The maximum atomic E-state index is 14.1. The molecule has 44 heavy (non-hydrogen) atoms. The Morgan fingerprint density at radius 3 is 2.32 bits per heavy atom. The molecule has 222 valence electrons. The molecule has 0 aliphatic carbocycles. The Morgan fingerprint density at radius 2 is 1.59 bits per heavy atom. The van der Waals surface area contributed by atoms with Gasteiger partial charge in [0.05, 0.1) is 24.1 Å². The minimum Gasteiger partial charge on any atom is -0.507 e. The Hall–Kier alpha value is -5.50. The highest BCUT2D eigenvalue weighted by Crippen LogP contribution is 2.41. The predicted molar refractivity (Wildman–Crippen MR) is 175 cm³/mol. The predicted octanol–water partition coefficient (Wildman–Crippen LogP) is 6.30. The van der Waals surface area contributed by atoms with Crippen LogP contribution in [0.2, 0.25) is 0 Å². The van der Waals surface area contributed by atoms with Crippen molar-refractivity contribution < 1.29 is 14.6 Å². The van der Waals surface area contributed by atoms with E-state index >= 15 is 0 Å². The van der Waals surface area contributed by atoms with Gasteiger partial charge in [-0.25, -0.2) is 4.79 Å². The van der Waals surface area contributed by atoms with E-state index < -0.39 is 5.92 Å². The van der Waals surface area contributed by atoms with Gasteiger partial charge in [-0.1, -0.05) is 60.7 Å². The van der Waals surface area contributed by atoms with Gasteiger partial charge in [0, 0.05) is 48.3 Å². The molecule has 4 aromatic carbocycles. The molecule has 0 saturated carbocycles. The SMILES string of the molecule is COc1ccc(C(c2[nH]c3ccccc3c2CCNC(=O)N(C)c2ccccc2)c2c(O)c3ccccc3n(C)c2=O)cc1. The van der Waals surface area contributed by atoms with E-state index in [2.05, 4.69) is 10.3 Å². The Bertz CT molecular complexity index is 2010. The van der Waals surface area contributed by atoms with E-state index in [4.69, 9.17) is 4.74 Å². The van der Waals surface area contributed by atoms with Crippen LogP contribution in [0, 0.1) is 0 Å². The summed E-state index contributed by atoms with van der Waals surface area (Å²) in [6, 6.07) is 32.1. The zero-order valence-corrected chi connectivity index (χ0v) is 24.9. The third-order valence-electron chi connectivity index (χ3n) is 8.28. The molecule has 0 bridgehead atoms. The van der Waals surface area contributed by atoms with Gasteiger partial charge >= 0.3 is 6.03 Å². The van der Waals surface area contributed by atoms with Crippen LogP contribution in [-0.2, 0) is 13.5 Å². The molecule has 2 aromatic heterocycles. The molecule has 3 N–H and O–H groups in total. The van der Waals surface area contributed by atoms with Gasteiger partial charge < -0.3 is 24.7 Å². The van der Waals surface area contributed by atoms with Crippen LogP contribution in [0.25, 0.3) is 21.8 Å². The van der Waals surface area contributed by atoms with Crippen LogP contribution in [0.5, 0.6) is 11.5 Å². The summed E-state index contributed by atoms with van der Waals surface area (Å²) in [4.78, 5) is 32.2. The van der Waals surface area contributed by atoms with Gasteiger partial charge in [0.25, 0.3) is 5.56 Å². The molecule has 8 nitrogen and oxygen atoms in total. The van der Waals surface area contributed by atoms with Gasteiger partial charge in [-0.05, 0) is 60.0 Å². The molecule has 6 aromatic rings. The number of carbonyl (C=O) groups excluding carboxylic acids is 1. The quantitative estimate of drug-likeness (QED) is 0.195. The molecule has 0 radical (unpaired) electrons. The zero-order valence-electron chi connectivity index (χ0n) is 24.9. The number of methoxy groups -OCH3 is 1. The second-order valence-electron chi connectivity index (χ2n) is 10.8. The van der Waals surface area contributed by atoms with E-state index in [9.17, 15) is 14.7 Å². The van der Waals surface area contributed by atoms with E-state index in [1.807, 2.05) is 103 Å². The molecule has 8 heteroatoms. The normalized spacial score (nSPS) is 11.9. The zero-order chi connectivity index (χ0) is 30.8. The van der Waals surface area contributed by atoms with Crippen molar-refractivity contribution in [3.8, 4) is 11.5 Å². The molecular weight excluding hydrogens is 552 g/mol. The van der Waals surface area contributed by atoms with Crippen LogP contribution in [0.15, 0.2) is 108 Å². The summed E-state index contributed by atoms with van der Waals surface area (Å²) in [5.41, 5.74) is 4.88. The maximum absolute atomic E-state index is 14.1. The van der Waals surface area contributed by atoms with E-state index in [-0.39, 0.29) is 22.9 Å². The first-order valence-corrected chi connectivity index (χ1v) is 14.5. The van der Waals surface area contributed by atoms with Crippen molar-refractivity contribution in [1.82, 2.24) is 14.9 Å². The Kier molecular flexibility index (Phi) is 7.81. The van der Waals surface area contributed by atoms with E-state index in [0.717, 1.165) is 33.4 Å². The number of benzene rings is 4. The summed E-state index contributed by atoms with van der Waals surface area (Å²) < 4.78 is 7.00. The number of nitrogens with zero attached hydrogens (tertiary/aromatic N) is 2. The topological polar surface area (TPSA) is 99.6 Å². The molecule has 0 saturated heterocycles. The number of aromatic amines is 1. The average molecular weight is 587 g/mol. The molecule has 1 unspecified atom stereocenters. The van der Waals surface area contributed by atoms with Gasteiger partial charge in [0.2, 0.25) is 0 Å². The number of hydrogen-bond donors (Lipinski definition) is 3. The largest absolute Gasteiger partial charge is 0.507 e. The third-order valence-corrected chi connectivity index (χ3v) is 8.28. The van der Waals surface area contributed by atoms with Gasteiger partial charge in [-0.2, -0.15) is 0 Å². The number of H-pyrrole nitrogens is 1. The first-order valence-electron chi connectivity index (χ1n) is 14.5. The van der Waals surface area contributed by atoms with Crippen molar-refractivity contribution in [1.29, 1.82) is 0 Å². The number of anilines is 1. The first-order chi connectivity index (χ1) is 21.4. The molecule has 0 aliphatic heterocycles. The van der Waals surface area contributed by atoms with Crippen molar-refractivity contribution in [2.75, 3.05) is 25.6 Å². The number of pyridine rings is 1. The summed E-state index contributed by atoms with van der Waals surface area (Å²) in [5.74, 6) is 0.00599. The lowest BCUT2D eigenvalue weighted by atomic mass is 9.85. The fourth-order valence-corrected chi connectivity index (χ4v) is 5.96. The number of aromatic nitrogens is 2. The lowest BCUT2D eigenvalue weighted by Gasteiger charge is -2.22. The molecule has 1 atom stereocenters. The van der Waals surface area contributed by atoms with Crippen LogP contribution >= 0.6 is 0 Å². The molecule has 0 fully saturated rings. The van der Waals surface area contributed by atoms with Crippen LogP contribution < -0.4 is 20.5 Å². The highest BCUT2D eigenvalue weighted by Gasteiger charge is 2.30. The Morgan fingerprint density at radius 1 is 0.932 bits per heavy atom. The van der Waals surface area contributed by atoms with Crippen LogP contribution in [0.3, 0.4) is 0 Å². The minimum absolute atomic E-state index is 0.0492. The molecule has 0 spiro atoms. The number of urea groups is 1. The second kappa shape index (κ2) is 12.0. The number of aryl methyl sites for hydroxylation is 1. The van der Waals surface area contributed by atoms with E-state index in [1.54, 1.807) is 30.7 Å². The fourth-order valence-electron chi connectivity index (χ4n) is 5.96. The highest BCUT2D eigenvalue weighted by molar-refractivity contribution is 5.92. The molecular formula is C36H34N4O4. The lowest BCUT2D eigenvalue weighted by molar-refractivity contribution is 0.247. The van der Waals surface area contributed by atoms with Crippen molar-refractivity contribution in [3.63, 3.8) is 0 Å². The van der Waals surface area contributed by atoms with Gasteiger partial charge in [0.15, 0.2) is 0 Å². The average Bonchev–Trinajstić information content (AvgIpc) is 3.43. The number of ether oxygens (including phenoxy) is 1. The van der Waals surface area contributed by atoms with Crippen LogP contribution in [-0.4, -0.2) is 41.4 Å². The number of fused-ring (bicyclic) bond motifs is 2. The second-order valence-corrected chi connectivity index (χ2v) is 10.8. The number of hydrogen-bond acceptors (Lipinski definition) is 4. The Balaban J connectivity index is 1.47. The summed E-state index contributed by atoms with van der Waals surface area (Å²) in [6.45, 7) is 0.363. The number of carbonyl (C=O) groups is 1. The monoisotopic (exact) mass is 586 g/mol. The van der Waals surface area contributed by atoms with Crippen molar-refractivity contribution >= 4 is 33.5 Å². The van der Waals surface area contributed by atoms with Crippen molar-refractivity contribution in [2.24, 2.45) is 7.05 Å². The smallest absolute Gasteiger partial charge is 0.321 e. The van der Waals surface area contributed by atoms with E-state index in [1.165, 1.54) is 0 Å².